The zero-order valence-corrected chi connectivity index (χ0v) is 13.2. The maximum absolute atomic E-state index is 11.9. The lowest BCUT2D eigenvalue weighted by atomic mass is 10.3. The molecule has 8 heteroatoms. The summed E-state index contributed by atoms with van der Waals surface area (Å²) in [7, 11) is 1.08. The number of nitrogens with one attached hydrogen (secondary N) is 2. The standard InChI is InChI=1S/C13H21N3O4S/c1-16(2)21(18,19)12-6-4-11(5-7-12)15-13(17)10-14-8-9-20-3/h4-7,14H,8-10H2,1-3H3,(H,15,17). The fraction of sp³-hybridized carbons (Fsp3) is 0.462. The number of anilines is 1. The molecule has 0 aliphatic heterocycles. The van der Waals surface area contributed by atoms with Crippen LogP contribution in [0.25, 0.3) is 0 Å². The topological polar surface area (TPSA) is 87.7 Å². The van der Waals surface area contributed by atoms with Gasteiger partial charge < -0.3 is 15.4 Å². The molecule has 0 unspecified atom stereocenters. The predicted octanol–water partition coefficient (Wildman–Crippen LogP) is 0.111. The second kappa shape index (κ2) is 8.08. The van der Waals surface area contributed by atoms with Crippen molar-refractivity contribution in [2.24, 2.45) is 0 Å². The smallest absolute Gasteiger partial charge is 0.242 e. The van der Waals surface area contributed by atoms with Gasteiger partial charge in [-0.15, -0.1) is 0 Å². The molecule has 0 fully saturated rings. The Bertz CT molecular complexity index is 555. The first-order valence-electron chi connectivity index (χ1n) is 6.40. The first-order chi connectivity index (χ1) is 9.87. The van der Waals surface area contributed by atoms with Crippen molar-refractivity contribution < 1.29 is 17.9 Å². The fourth-order valence-electron chi connectivity index (χ4n) is 1.50. The molecule has 0 radical (unpaired) electrons. The van der Waals surface area contributed by atoms with Gasteiger partial charge in [-0.05, 0) is 24.3 Å². The van der Waals surface area contributed by atoms with Crippen LogP contribution >= 0.6 is 0 Å². The number of hydrogen-bond acceptors (Lipinski definition) is 5. The van der Waals surface area contributed by atoms with Gasteiger partial charge in [0.1, 0.15) is 0 Å². The van der Waals surface area contributed by atoms with Crippen molar-refractivity contribution >= 4 is 21.6 Å². The van der Waals surface area contributed by atoms with E-state index in [1.165, 1.54) is 26.2 Å². The van der Waals surface area contributed by atoms with Crippen LogP contribution in [0.1, 0.15) is 0 Å². The number of carbonyl (C=O) groups is 1. The molecule has 0 aromatic heterocycles. The highest BCUT2D eigenvalue weighted by Crippen LogP contribution is 2.16. The Balaban J connectivity index is 2.57. The molecule has 2 N–H and O–H groups in total. The molecule has 1 rings (SSSR count). The molecule has 0 heterocycles. The Morgan fingerprint density at radius 1 is 1.24 bits per heavy atom. The van der Waals surface area contributed by atoms with Crippen LogP contribution in [0.3, 0.4) is 0 Å². The summed E-state index contributed by atoms with van der Waals surface area (Å²) >= 11 is 0. The summed E-state index contributed by atoms with van der Waals surface area (Å²) in [5, 5.41) is 5.59. The average Bonchev–Trinajstić information content (AvgIpc) is 2.44. The maximum Gasteiger partial charge on any atom is 0.242 e. The van der Waals surface area contributed by atoms with Crippen molar-refractivity contribution in [2.75, 3.05) is 46.2 Å². The van der Waals surface area contributed by atoms with E-state index < -0.39 is 10.0 Å². The summed E-state index contributed by atoms with van der Waals surface area (Å²) in [5.74, 6) is -0.200. The lowest BCUT2D eigenvalue weighted by Crippen LogP contribution is -2.30. The molecular weight excluding hydrogens is 294 g/mol. The second-order valence-corrected chi connectivity index (χ2v) is 6.68. The Morgan fingerprint density at radius 3 is 2.38 bits per heavy atom. The predicted molar refractivity (Wildman–Crippen MR) is 80.7 cm³/mol. The van der Waals surface area contributed by atoms with Crippen molar-refractivity contribution in [2.45, 2.75) is 4.90 Å². The monoisotopic (exact) mass is 315 g/mol. The molecule has 1 aromatic rings. The summed E-state index contributed by atoms with van der Waals surface area (Å²) in [4.78, 5) is 11.8. The first-order valence-corrected chi connectivity index (χ1v) is 7.84. The van der Waals surface area contributed by atoms with Crippen LogP contribution in [-0.4, -0.2) is 59.5 Å². The highest BCUT2D eigenvalue weighted by molar-refractivity contribution is 7.89. The molecule has 21 heavy (non-hydrogen) atoms. The van der Waals surface area contributed by atoms with E-state index in [9.17, 15) is 13.2 Å². The van der Waals surface area contributed by atoms with Gasteiger partial charge >= 0.3 is 0 Å². The summed E-state index contributed by atoms with van der Waals surface area (Å²) in [6.07, 6.45) is 0. The zero-order valence-electron chi connectivity index (χ0n) is 12.4. The van der Waals surface area contributed by atoms with Crippen LogP contribution in [0.2, 0.25) is 0 Å². The number of methoxy groups -OCH3 is 1. The summed E-state index contributed by atoms with van der Waals surface area (Å²) in [6.45, 7) is 1.29. The molecule has 1 aromatic carbocycles. The van der Waals surface area contributed by atoms with E-state index in [-0.39, 0.29) is 17.3 Å². The number of amides is 1. The number of benzene rings is 1. The van der Waals surface area contributed by atoms with Crippen molar-refractivity contribution in [3.63, 3.8) is 0 Å². The third kappa shape index (κ3) is 5.43. The number of sulfonamides is 1. The minimum Gasteiger partial charge on any atom is -0.383 e. The Kier molecular flexibility index (Phi) is 6.76. The number of hydrogen-bond donors (Lipinski definition) is 2. The maximum atomic E-state index is 11.9. The van der Waals surface area contributed by atoms with Crippen molar-refractivity contribution in [3.8, 4) is 0 Å². The molecule has 0 aliphatic carbocycles. The van der Waals surface area contributed by atoms with Gasteiger partial charge in [0.25, 0.3) is 0 Å². The summed E-state index contributed by atoms with van der Waals surface area (Å²) in [5.41, 5.74) is 0.547. The van der Waals surface area contributed by atoms with Gasteiger partial charge in [-0.25, -0.2) is 12.7 Å². The quantitative estimate of drug-likeness (QED) is 0.665. The molecule has 0 saturated carbocycles. The normalized spacial score (nSPS) is 11.6. The van der Waals surface area contributed by atoms with Gasteiger partial charge in [0.05, 0.1) is 18.0 Å². The number of ether oxygens (including phenoxy) is 1. The molecule has 0 spiro atoms. The van der Waals surface area contributed by atoms with Crippen molar-refractivity contribution in [3.05, 3.63) is 24.3 Å². The lowest BCUT2D eigenvalue weighted by molar-refractivity contribution is -0.115. The van der Waals surface area contributed by atoms with Crippen LogP contribution < -0.4 is 10.6 Å². The van der Waals surface area contributed by atoms with E-state index in [4.69, 9.17) is 4.74 Å². The number of rotatable bonds is 8. The molecule has 0 bridgehead atoms. The lowest BCUT2D eigenvalue weighted by Gasteiger charge is -2.12. The van der Waals surface area contributed by atoms with E-state index in [1.54, 1.807) is 19.2 Å². The van der Waals surface area contributed by atoms with Crippen LogP contribution in [0.5, 0.6) is 0 Å². The SMILES string of the molecule is COCCNCC(=O)Nc1ccc(S(=O)(=O)N(C)C)cc1. The van der Waals surface area contributed by atoms with Crippen molar-refractivity contribution in [1.29, 1.82) is 0 Å². The highest BCUT2D eigenvalue weighted by atomic mass is 32.2. The third-order valence-electron chi connectivity index (χ3n) is 2.69. The molecule has 0 aliphatic rings. The van der Waals surface area contributed by atoms with Gasteiger partial charge in [-0.3, -0.25) is 4.79 Å². The van der Waals surface area contributed by atoms with Gasteiger partial charge in [0.2, 0.25) is 15.9 Å². The zero-order chi connectivity index (χ0) is 15.9. The molecule has 0 saturated heterocycles. The van der Waals surface area contributed by atoms with Gasteiger partial charge in [0, 0.05) is 33.4 Å². The minimum absolute atomic E-state index is 0.168. The minimum atomic E-state index is -3.45. The summed E-state index contributed by atoms with van der Waals surface area (Å²) < 4.78 is 29.8. The largest absolute Gasteiger partial charge is 0.383 e. The second-order valence-electron chi connectivity index (χ2n) is 4.53. The Morgan fingerprint density at radius 2 is 1.86 bits per heavy atom. The third-order valence-corrected chi connectivity index (χ3v) is 4.51. The number of nitrogens with zero attached hydrogens (tertiary/aromatic N) is 1. The van der Waals surface area contributed by atoms with E-state index >= 15 is 0 Å². The van der Waals surface area contributed by atoms with E-state index in [1.807, 2.05) is 0 Å². The van der Waals surface area contributed by atoms with E-state index in [0.717, 1.165) is 4.31 Å². The van der Waals surface area contributed by atoms with E-state index in [2.05, 4.69) is 10.6 Å². The highest BCUT2D eigenvalue weighted by Gasteiger charge is 2.16. The average molecular weight is 315 g/mol. The van der Waals surface area contributed by atoms with Crippen molar-refractivity contribution in [1.82, 2.24) is 9.62 Å². The van der Waals surface area contributed by atoms with Gasteiger partial charge in [-0.1, -0.05) is 0 Å². The van der Waals surface area contributed by atoms with Crippen LogP contribution in [0.4, 0.5) is 5.69 Å². The van der Waals surface area contributed by atoms with Crippen LogP contribution in [0.15, 0.2) is 29.2 Å². The van der Waals surface area contributed by atoms with Gasteiger partial charge in [0.15, 0.2) is 0 Å². The first kappa shape index (κ1) is 17.6. The Labute approximate surface area is 125 Å². The molecular formula is C13H21N3O4S. The summed E-state index contributed by atoms with van der Waals surface area (Å²) in [6, 6.07) is 6.04. The molecule has 7 nitrogen and oxygen atoms in total. The Hall–Kier alpha value is -1.48. The van der Waals surface area contributed by atoms with E-state index in [0.29, 0.717) is 18.8 Å². The molecule has 1 amide bonds. The number of carbonyl (C=O) groups excluding carboxylic acids is 1. The van der Waals surface area contributed by atoms with Gasteiger partial charge in [-0.2, -0.15) is 0 Å². The fourth-order valence-corrected chi connectivity index (χ4v) is 2.40. The van der Waals surface area contributed by atoms with Crippen LogP contribution in [-0.2, 0) is 19.6 Å². The molecule has 118 valence electrons. The molecule has 0 atom stereocenters. The van der Waals surface area contributed by atoms with Crippen LogP contribution in [0, 0.1) is 0 Å².